The van der Waals surface area contributed by atoms with Gasteiger partial charge in [0.1, 0.15) is 22.4 Å². The molecule has 1 aromatic rings. The molecule has 5 heteroatoms. The Labute approximate surface area is 128 Å². The second kappa shape index (κ2) is 4.58. The van der Waals surface area contributed by atoms with Gasteiger partial charge in [0.25, 0.3) is 0 Å². The fourth-order valence-electron chi connectivity index (χ4n) is 5.15. The number of halogens is 1. The van der Waals surface area contributed by atoms with Crippen molar-refractivity contribution in [1.82, 2.24) is 9.97 Å². The van der Waals surface area contributed by atoms with Crippen molar-refractivity contribution in [2.75, 3.05) is 17.7 Å². The van der Waals surface area contributed by atoms with Gasteiger partial charge < -0.3 is 10.6 Å². The van der Waals surface area contributed by atoms with Gasteiger partial charge in [0.2, 0.25) is 0 Å². The molecule has 4 saturated carbocycles. The predicted octanol–water partition coefficient (Wildman–Crippen LogP) is 3.66. The molecular formula is C15H21BrN4. The van der Waals surface area contributed by atoms with Gasteiger partial charge >= 0.3 is 0 Å². The largest absolute Gasteiger partial charge is 0.372 e. The molecule has 5 rings (SSSR count). The van der Waals surface area contributed by atoms with Crippen LogP contribution in [0.2, 0.25) is 0 Å². The molecule has 1 heterocycles. The van der Waals surface area contributed by atoms with E-state index in [0.717, 1.165) is 33.9 Å². The summed E-state index contributed by atoms with van der Waals surface area (Å²) in [7, 11) is 1.89. The Kier molecular flexibility index (Phi) is 2.95. The minimum atomic E-state index is 0.288. The highest BCUT2D eigenvalue weighted by molar-refractivity contribution is 9.10. The molecule has 4 aliphatic carbocycles. The number of rotatable bonds is 3. The van der Waals surface area contributed by atoms with E-state index < -0.39 is 0 Å². The van der Waals surface area contributed by atoms with Gasteiger partial charge in [-0.3, -0.25) is 0 Å². The summed E-state index contributed by atoms with van der Waals surface area (Å²) in [5.41, 5.74) is 0.288. The van der Waals surface area contributed by atoms with E-state index in [-0.39, 0.29) is 5.54 Å². The van der Waals surface area contributed by atoms with E-state index >= 15 is 0 Å². The molecule has 0 aromatic carbocycles. The lowest BCUT2D eigenvalue weighted by Crippen LogP contribution is -2.55. The van der Waals surface area contributed by atoms with Crippen molar-refractivity contribution in [3.8, 4) is 0 Å². The highest BCUT2D eigenvalue weighted by atomic mass is 79.9. The molecule has 2 N–H and O–H groups in total. The van der Waals surface area contributed by atoms with Crippen LogP contribution in [0.4, 0.5) is 11.6 Å². The van der Waals surface area contributed by atoms with Crippen molar-refractivity contribution < 1.29 is 0 Å². The highest BCUT2D eigenvalue weighted by Crippen LogP contribution is 2.56. The zero-order valence-corrected chi connectivity index (χ0v) is 13.4. The van der Waals surface area contributed by atoms with Gasteiger partial charge in [-0.1, -0.05) is 0 Å². The van der Waals surface area contributed by atoms with Gasteiger partial charge in [-0.25, -0.2) is 9.97 Å². The zero-order valence-electron chi connectivity index (χ0n) is 11.8. The summed E-state index contributed by atoms with van der Waals surface area (Å²) in [6.07, 6.45) is 10.0. The monoisotopic (exact) mass is 336 g/mol. The van der Waals surface area contributed by atoms with E-state index in [1.807, 2.05) is 7.05 Å². The van der Waals surface area contributed by atoms with E-state index in [1.54, 1.807) is 6.33 Å². The molecule has 1 aromatic heterocycles. The molecule has 0 radical (unpaired) electrons. The fraction of sp³-hybridized carbons (Fsp3) is 0.733. The standard InChI is InChI=1S/C15H21BrN4/c1-17-13-12(16)14(19-8-18-13)20-15-5-9-2-10(6-15)4-11(3-9)7-15/h8-11H,2-7H2,1H3,(H2,17,18,19,20). The summed E-state index contributed by atoms with van der Waals surface area (Å²) in [6.45, 7) is 0. The molecule has 0 saturated heterocycles. The first-order chi connectivity index (χ1) is 9.67. The molecule has 0 atom stereocenters. The first-order valence-electron chi connectivity index (χ1n) is 7.64. The Morgan fingerprint density at radius 1 is 1.05 bits per heavy atom. The molecule has 0 unspecified atom stereocenters. The minimum Gasteiger partial charge on any atom is -0.372 e. The highest BCUT2D eigenvalue weighted by Gasteiger charge is 2.51. The Bertz CT molecular complexity index is 495. The molecule has 4 bridgehead atoms. The first-order valence-corrected chi connectivity index (χ1v) is 8.43. The van der Waals surface area contributed by atoms with Gasteiger partial charge in [0.15, 0.2) is 0 Å². The summed E-state index contributed by atoms with van der Waals surface area (Å²) >= 11 is 3.63. The number of nitrogens with zero attached hydrogens (tertiary/aromatic N) is 2. The number of hydrogen-bond donors (Lipinski definition) is 2. The maximum Gasteiger partial charge on any atom is 0.146 e. The third kappa shape index (κ3) is 2.01. The van der Waals surface area contributed by atoms with Crippen LogP contribution >= 0.6 is 15.9 Å². The lowest BCUT2D eigenvalue weighted by molar-refractivity contribution is 0.0105. The van der Waals surface area contributed by atoms with Gasteiger partial charge in [-0.15, -0.1) is 0 Å². The molecule has 4 aliphatic rings. The molecule has 108 valence electrons. The average Bonchev–Trinajstić information content (AvgIpc) is 2.39. The van der Waals surface area contributed by atoms with Gasteiger partial charge in [0.05, 0.1) is 0 Å². The quantitative estimate of drug-likeness (QED) is 0.884. The van der Waals surface area contributed by atoms with Crippen molar-refractivity contribution in [2.45, 2.75) is 44.1 Å². The van der Waals surface area contributed by atoms with Crippen LogP contribution in [0.5, 0.6) is 0 Å². The predicted molar refractivity (Wildman–Crippen MR) is 83.8 cm³/mol. The van der Waals surface area contributed by atoms with Crippen LogP contribution in [0, 0.1) is 17.8 Å². The van der Waals surface area contributed by atoms with Crippen molar-refractivity contribution in [3.05, 3.63) is 10.8 Å². The second-order valence-corrected chi connectivity index (χ2v) is 7.75. The molecule has 0 spiro atoms. The molecule has 4 nitrogen and oxygen atoms in total. The van der Waals surface area contributed by atoms with Gasteiger partial charge in [-0.05, 0) is 72.2 Å². The van der Waals surface area contributed by atoms with Crippen LogP contribution in [0.25, 0.3) is 0 Å². The maximum absolute atomic E-state index is 4.45. The van der Waals surface area contributed by atoms with Crippen molar-refractivity contribution in [1.29, 1.82) is 0 Å². The molecular weight excluding hydrogens is 316 g/mol. The molecule has 0 amide bonds. The minimum absolute atomic E-state index is 0.288. The van der Waals surface area contributed by atoms with Crippen LogP contribution in [0.3, 0.4) is 0 Å². The summed E-state index contributed by atoms with van der Waals surface area (Å²) in [6, 6.07) is 0. The van der Waals surface area contributed by atoms with Crippen LogP contribution < -0.4 is 10.6 Å². The van der Waals surface area contributed by atoms with Gasteiger partial charge in [-0.2, -0.15) is 0 Å². The smallest absolute Gasteiger partial charge is 0.146 e. The molecule has 0 aliphatic heterocycles. The Morgan fingerprint density at radius 2 is 1.60 bits per heavy atom. The van der Waals surface area contributed by atoms with Gasteiger partial charge in [0, 0.05) is 12.6 Å². The zero-order chi connectivity index (χ0) is 13.7. The lowest BCUT2D eigenvalue weighted by Gasteiger charge is -2.57. The first kappa shape index (κ1) is 12.9. The summed E-state index contributed by atoms with van der Waals surface area (Å²) in [4.78, 5) is 8.70. The van der Waals surface area contributed by atoms with E-state index in [9.17, 15) is 0 Å². The third-order valence-electron chi connectivity index (χ3n) is 5.45. The van der Waals surface area contributed by atoms with Crippen LogP contribution in [0.1, 0.15) is 38.5 Å². The topological polar surface area (TPSA) is 49.8 Å². The summed E-state index contributed by atoms with van der Waals surface area (Å²) < 4.78 is 0.957. The van der Waals surface area contributed by atoms with Crippen molar-refractivity contribution in [2.24, 2.45) is 17.8 Å². The summed E-state index contributed by atoms with van der Waals surface area (Å²) in [5, 5.41) is 6.90. The molecule has 4 fully saturated rings. The third-order valence-corrected chi connectivity index (χ3v) is 6.20. The summed E-state index contributed by atoms with van der Waals surface area (Å²) in [5.74, 6) is 4.63. The number of nitrogens with one attached hydrogen (secondary N) is 2. The second-order valence-electron chi connectivity index (χ2n) is 6.96. The van der Waals surface area contributed by atoms with Crippen molar-refractivity contribution in [3.63, 3.8) is 0 Å². The van der Waals surface area contributed by atoms with Crippen LogP contribution in [0.15, 0.2) is 10.8 Å². The fourth-order valence-corrected chi connectivity index (χ4v) is 5.65. The number of aromatic nitrogens is 2. The number of hydrogen-bond acceptors (Lipinski definition) is 4. The Morgan fingerprint density at radius 3 is 2.15 bits per heavy atom. The van der Waals surface area contributed by atoms with E-state index in [1.165, 1.54) is 38.5 Å². The lowest BCUT2D eigenvalue weighted by atomic mass is 9.53. The average molecular weight is 337 g/mol. The Balaban J connectivity index is 1.63. The van der Waals surface area contributed by atoms with Crippen molar-refractivity contribution >= 4 is 27.6 Å². The SMILES string of the molecule is CNc1ncnc(NC23CC4CC(CC(C4)C2)C3)c1Br. The Hall–Kier alpha value is -0.840. The maximum atomic E-state index is 4.45. The number of anilines is 2. The van der Waals surface area contributed by atoms with E-state index in [2.05, 4.69) is 36.5 Å². The van der Waals surface area contributed by atoms with Crippen LogP contribution in [-0.4, -0.2) is 22.6 Å². The van der Waals surface area contributed by atoms with Crippen LogP contribution in [-0.2, 0) is 0 Å². The van der Waals surface area contributed by atoms with E-state index in [0.29, 0.717) is 0 Å². The normalized spacial score (nSPS) is 38.0. The molecule has 20 heavy (non-hydrogen) atoms. The van der Waals surface area contributed by atoms with E-state index in [4.69, 9.17) is 0 Å².